The largest absolute Gasteiger partial charge is 0.477 e. The highest BCUT2D eigenvalue weighted by Gasteiger charge is 2.30. The highest BCUT2D eigenvalue weighted by atomic mass is 79.9. The fourth-order valence-electron chi connectivity index (χ4n) is 3.04. The molecule has 2 aromatic carbocycles. The summed E-state index contributed by atoms with van der Waals surface area (Å²) in [6, 6.07) is 16.0. The van der Waals surface area contributed by atoms with Crippen LogP contribution in [0.1, 0.15) is 22.0 Å². The number of carboxylic acid groups (broad SMARTS) is 1. The predicted octanol–water partition coefficient (Wildman–Crippen LogP) is 3.88. The van der Waals surface area contributed by atoms with Crippen LogP contribution in [0.15, 0.2) is 77.0 Å². The predicted molar refractivity (Wildman–Crippen MR) is 108 cm³/mol. The zero-order valence-electron chi connectivity index (χ0n) is 14.5. The van der Waals surface area contributed by atoms with Gasteiger partial charge in [-0.25, -0.2) is 9.48 Å². The minimum atomic E-state index is -1.11. The van der Waals surface area contributed by atoms with Gasteiger partial charge in [0.1, 0.15) is 23.1 Å². The molecule has 0 radical (unpaired) electrons. The van der Waals surface area contributed by atoms with Gasteiger partial charge in [-0.1, -0.05) is 52.3 Å². The second-order valence-electron chi connectivity index (χ2n) is 6.15. The second-order valence-corrected chi connectivity index (χ2v) is 7.00. The first-order valence-electron chi connectivity index (χ1n) is 8.45. The van der Waals surface area contributed by atoms with E-state index in [9.17, 15) is 14.7 Å². The van der Waals surface area contributed by atoms with E-state index in [1.165, 1.54) is 6.20 Å². The fraction of sp³-hybridized carbons (Fsp3) is 0.0500. The number of aliphatic carboxylic acids is 1. The third-order valence-electron chi connectivity index (χ3n) is 4.37. The van der Waals surface area contributed by atoms with Gasteiger partial charge in [0.15, 0.2) is 0 Å². The zero-order chi connectivity index (χ0) is 19.7. The number of allylic oxidation sites excluding steroid dienone is 1. The summed E-state index contributed by atoms with van der Waals surface area (Å²) in [5.41, 5.74) is 1.72. The number of rotatable bonds is 4. The molecule has 2 heterocycles. The van der Waals surface area contributed by atoms with Crippen molar-refractivity contribution < 1.29 is 14.7 Å². The van der Waals surface area contributed by atoms with Gasteiger partial charge in [-0.2, -0.15) is 5.10 Å². The number of carbonyl (C=O) groups excluding carboxylic acids is 1. The number of halogens is 1. The number of nitrogens with zero attached hydrogens (tertiary/aromatic N) is 2. The van der Waals surface area contributed by atoms with Gasteiger partial charge in [0, 0.05) is 10.2 Å². The van der Waals surface area contributed by atoms with E-state index < -0.39 is 12.0 Å². The molecule has 1 aliphatic rings. The van der Waals surface area contributed by atoms with Gasteiger partial charge in [-0.15, -0.1) is 0 Å². The molecule has 1 atom stereocenters. The zero-order valence-corrected chi connectivity index (χ0v) is 16.1. The lowest BCUT2D eigenvalue weighted by Crippen LogP contribution is -2.25. The van der Waals surface area contributed by atoms with Crippen LogP contribution in [-0.4, -0.2) is 26.8 Å². The second kappa shape index (κ2) is 7.32. The molecule has 1 aliphatic heterocycles. The summed E-state index contributed by atoms with van der Waals surface area (Å²) in [5.74, 6) is -1.16. The molecule has 0 fully saturated rings. The molecule has 7 nitrogen and oxygen atoms in total. The van der Waals surface area contributed by atoms with Gasteiger partial charge in [0.2, 0.25) is 0 Å². The molecule has 3 aromatic rings. The highest BCUT2D eigenvalue weighted by Crippen LogP contribution is 2.35. The number of fused-ring (bicyclic) bond motifs is 1. The van der Waals surface area contributed by atoms with Crippen LogP contribution in [-0.2, 0) is 4.79 Å². The molecule has 0 aliphatic carbocycles. The van der Waals surface area contributed by atoms with Gasteiger partial charge < -0.3 is 15.7 Å². The van der Waals surface area contributed by atoms with Gasteiger partial charge in [-0.05, 0) is 29.8 Å². The number of carbonyl (C=O) groups is 2. The van der Waals surface area contributed by atoms with Crippen LogP contribution in [0.2, 0.25) is 0 Å². The maximum atomic E-state index is 12.8. The van der Waals surface area contributed by atoms with E-state index in [0.29, 0.717) is 11.5 Å². The van der Waals surface area contributed by atoms with Crippen molar-refractivity contribution in [2.75, 3.05) is 10.6 Å². The van der Waals surface area contributed by atoms with Crippen molar-refractivity contribution in [2.24, 2.45) is 0 Å². The van der Waals surface area contributed by atoms with E-state index in [-0.39, 0.29) is 17.2 Å². The number of para-hydroxylation sites is 1. The number of anilines is 2. The third kappa shape index (κ3) is 3.29. The van der Waals surface area contributed by atoms with Crippen LogP contribution in [0.5, 0.6) is 0 Å². The number of hydrogen-bond acceptors (Lipinski definition) is 4. The molecule has 0 unspecified atom stereocenters. The fourth-order valence-corrected chi connectivity index (χ4v) is 3.56. The Bertz CT molecular complexity index is 1090. The molecular weight excluding hydrogens is 424 g/mol. The number of carboxylic acids is 1. The van der Waals surface area contributed by atoms with Crippen LogP contribution in [0.3, 0.4) is 0 Å². The van der Waals surface area contributed by atoms with Crippen molar-refractivity contribution in [3.63, 3.8) is 0 Å². The monoisotopic (exact) mass is 438 g/mol. The van der Waals surface area contributed by atoms with E-state index in [2.05, 4.69) is 31.7 Å². The minimum absolute atomic E-state index is 0.0116. The Kier molecular flexibility index (Phi) is 4.70. The normalized spacial score (nSPS) is 15.2. The summed E-state index contributed by atoms with van der Waals surface area (Å²) >= 11 is 3.50. The Morgan fingerprint density at radius 3 is 2.54 bits per heavy atom. The van der Waals surface area contributed by atoms with Crippen molar-refractivity contribution in [3.8, 4) is 0 Å². The number of benzene rings is 2. The first kappa shape index (κ1) is 18.0. The summed E-state index contributed by atoms with van der Waals surface area (Å²) in [5, 5.41) is 19.5. The van der Waals surface area contributed by atoms with Crippen molar-refractivity contribution in [1.29, 1.82) is 0 Å². The van der Waals surface area contributed by atoms with E-state index in [1.807, 2.05) is 42.5 Å². The molecule has 140 valence electrons. The van der Waals surface area contributed by atoms with Crippen LogP contribution >= 0.6 is 15.9 Å². The molecule has 1 amide bonds. The summed E-state index contributed by atoms with van der Waals surface area (Å²) in [4.78, 5) is 24.4. The summed E-state index contributed by atoms with van der Waals surface area (Å²) in [7, 11) is 0. The molecule has 0 saturated carbocycles. The average molecular weight is 439 g/mol. The highest BCUT2D eigenvalue weighted by molar-refractivity contribution is 9.10. The van der Waals surface area contributed by atoms with Gasteiger partial charge in [-0.3, -0.25) is 4.79 Å². The van der Waals surface area contributed by atoms with Crippen LogP contribution in [0.4, 0.5) is 11.5 Å². The van der Waals surface area contributed by atoms with Crippen LogP contribution in [0.25, 0.3) is 0 Å². The van der Waals surface area contributed by atoms with Crippen molar-refractivity contribution in [2.45, 2.75) is 6.04 Å². The molecule has 0 spiro atoms. The topological polar surface area (TPSA) is 96.2 Å². The molecule has 1 aromatic heterocycles. The summed E-state index contributed by atoms with van der Waals surface area (Å²) in [6.45, 7) is 0. The van der Waals surface area contributed by atoms with E-state index in [1.54, 1.807) is 22.9 Å². The van der Waals surface area contributed by atoms with Crippen molar-refractivity contribution in [3.05, 3.63) is 88.2 Å². The quantitative estimate of drug-likeness (QED) is 0.574. The number of aromatic nitrogens is 2. The van der Waals surface area contributed by atoms with E-state index in [0.717, 1.165) is 10.0 Å². The van der Waals surface area contributed by atoms with Crippen LogP contribution in [0, 0.1) is 0 Å². The molecular formula is C20H15BrN4O3. The number of amides is 1. The summed E-state index contributed by atoms with van der Waals surface area (Å²) in [6.07, 6.45) is 3.00. The average Bonchev–Trinajstić information content (AvgIpc) is 3.13. The number of nitrogens with one attached hydrogen (secondary N) is 2. The summed E-state index contributed by atoms with van der Waals surface area (Å²) < 4.78 is 2.42. The lowest BCUT2D eigenvalue weighted by molar-refractivity contribution is -0.132. The lowest BCUT2D eigenvalue weighted by Gasteiger charge is -2.25. The first-order valence-corrected chi connectivity index (χ1v) is 9.24. The Morgan fingerprint density at radius 1 is 1.11 bits per heavy atom. The lowest BCUT2D eigenvalue weighted by atomic mass is 10.0. The molecule has 3 N–H and O–H groups in total. The van der Waals surface area contributed by atoms with Gasteiger partial charge >= 0.3 is 5.97 Å². The van der Waals surface area contributed by atoms with Gasteiger partial charge in [0.05, 0.1) is 6.20 Å². The maximum Gasteiger partial charge on any atom is 0.352 e. The Morgan fingerprint density at radius 2 is 1.82 bits per heavy atom. The maximum absolute atomic E-state index is 12.8. The standard InChI is InChI=1S/C20H15BrN4O3/c21-15-9-5-4-8-13(15)17-10-16(20(27)28)24-18-14(11-22-25(17)18)19(26)23-12-6-2-1-3-7-12/h1-11,17,24H,(H,23,26)(H,27,28)/t17-/m0/s1. The minimum Gasteiger partial charge on any atom is -0.477 e. The molecule has 28 heavy (non-hydrogen) atoms. The SMILES string of the molecule is O=C(O)C1=C[C@@H](c2ccccc2Br)n2ncc(C(=O)Nc3ccccc3)c2N1. The third-order valence-corrected chi connectivity index (χ3v) is 5.09. The Balaban J connectivity index is 1.75. The smallest absolute Gasteiger partial charge is 0.352 e. The first-order chi connectivity index (χ1) is 13.5. The van der Waals surface area contributed by atoms with Crippen molar-refractivity contribution in [1.82, 2.24) is 9.78 Å². The van der Waals surface area contributed by atoms with E-state index in [4.69, 9.17) is 0 Å². The Hall–Kier alpha value is -3.39. The van der Waals surface area contributed by atoms with E-state index >= 15 is 0 Å². The Labute approximate surface area is 168 Å². The molecule has 4 rings (SSSR count). The molecule has 8 heteroatoms. The van der Waals surface area contributed by atoms with Crippen LogP contribution < -0.4 is 10.6 Å². The molecule has 0 bridgehead atoms. The van der Waals surface area contributed by atoms with Crippen molar-refractivity contribution >= 4 is 39.3 Å². The number of hydrogen-bond donors (Lipinski definition) is 3. The van der Waals surface area contributed by atoms with Gasteiger partial charge in [0.25, 0.3) is 5.91 Å². The molecule has 0 saturated heterocycles.